The van der Waals surface area contributed by atoms with Crippen molar-refractivity contribution in [1.29, 1.82) is 5.26 Å². The second kappa shape index (κ2) is 26.3. The van der Waals surface area contributed by atoms with E-state index in [9.17, 15) is 39.1 Å². The minimum Gasteiger partial charge on any atom is -0.491 e. The first-order valence-electron chi connectivity index (χ1n) is 41.8. The summed E-state index contributed by atoms with van der Waals surface area (Å²) in [4.78, 5) is 122. The van der Waals surface area contributed by atoms with Gasteiger partial charge in [-0.2, -0.15) is 14.6 Å². The molecule has 0 aliphatic heterocycles. The zero-order chi connectivity index (χ0) is 81.0. The highest BCUT2D eigenvalue weighted by Crippen LogP contribution is 2.82. The molecule has 10 aliphatic carbocycles. The lowest BCUT2D eigenvalue weighted by Crippen LogP contribution is -2.70. The van der Waals surface area contributed by atoms with Gasteiger partial charge >= 0.3 is 17.9 Å². The summed E-state index contributed by atoms with van der Waals surface area (Å²) in [6.07, 6.45) is 17.3. The number of rotatable bonds is 17. The first-order valence-corrected chi connectivity index (χ1v) is 41.8. The SMILES string of the molecule is Cc1c(C23CC[C@]4(C)C(CCC5C6(C)CCC(OC(=O)CC(C)(COc7ccc(-n8c(=O)c(C)c(C9%10CC[C@]%11(C)C(CC[C@]%12(C)C%13(C)CCC(OC(=O)CC(C)(C)C=O)C(C)(C)C%13CCC%12%11C)C9=C(C(C)C)C(=O)C%10)n8C)nc7)C(=O)O)C(C)(C)C6CCC54C)C2=C(C(C)C)C(=O)C3)n(C)n(-c2ccc(C#N)cn2)c1=O. The smallest absolute Gasteiger partial charge is 0.313 e. The average Bonchev–Trinajstić information content (AvgIpc) is 1.59. The van der Waals surface area contributed by atoms with E-state index in [0.29, 0.717) is 59.9 Å². The van der Waals surface area contributed by atoms with Crippen molar-refractivity contribution in [3.8, 4) is 23.5 Å². The summed E-state index contributed by atoms with van der Waals surface area (Å²) in [5.41, 5.74) is 1.76. The second-order valence-electron chi connectivity index (χ2n) is 41.5. The number of esters is 2. The van der Waals surface area contributed by atoms with Gasteiger partial charge in [0.15, 0.2) is 23.2 Å². The Hall–Kier alpha value is -7.49. The lowest BCUT2D eigenvalue weighted by Gasteiger charge is -2.76. The predicted molar refractivity (Wildman–Crippen MR) is 424 cm³/mol. The summed E-state index contributed by atoms with van der Waals surface area (Å²) in [6, 6.07) is 8.89. The van der Waals surface area contributed by atoms with Crippen molar-refractivity contribution in [3.63, 3.8) is 0 Å². The highest BCUT2D eigenvalue weighted by Gasteiger charge is 2.76. The van der Waals surface area contributed by atoms with Crippen molar-refractivity contribution in [2.75, 3.05) is 6.61 Å². The quantitative estimate of drug-likeness (QED) is 0.0762. The third-order valence-electron chi connectivity index (χ3n) is 34.7. The fourth-order valence-electron chi connectivity index (χ4n) is 28.7. The van der Waals surface area contributed by atoms with Crippen LogP contribution in [0.1, 0.15) is 281 Å². The van der Waals surface area contributed by atoms with Gasteiger partial charge in [0.05, 0.1) is 36.0 Å². The zero-order valence-electron chi connectivity index (χ0n) is 70.7. The highest BCUT2D eigenvalue weighted by molar-refractivity contribution is 6.02. The summed E-state index contributed by atoms with van der Waals surface area (Å²) in [7, 11) is 3.82. The summed E-state index contributed by atoms with van der Waals surface area (Å²) >= 11 is 0. The van der Waals surface area contributed by atoms with Gasteiger partial charge in [-0.1, -0.05) is 118 Å². The Bertz CT molecular complexity index is 4800. The molecule has 0 aromatic carbocycles. The van der Waals surface area contributed by atoms with Crippen LogP contribution in [0, 0.1) is 126 Å². The summed E-state index contributed by atoms with van der Waals surface area (Å²) < 4.78 is 26.2. The Morgan fingerprint density at radius 3 is 1.56 bits per heavy atom. The van der Waals surface area contributed by atoms with Gasteiger partial charge < -0.3 is 24.1 Å². The first kappa shape index (κ1) is 80.1. The number of ketones is 2. The van der Waals surface area contributed by atoms with E-state index in [2.05, 4.69) is 115 Å². The van der Waals surface area contributed by atoms with Crippen LogP contribution in [0.3, 0.4) is 0 Å². The fourth-order valence-corrected chi connectivity index (χ4v) is 28.7. The van der Waals surface area contributed by atoms with E-state index in [0.717, 1.165) is 119 Å². The summed E-state index contributed by atoms with van der Waals surface area (Å²) in [5.74, 6) is 0.253. The Morgan fingerprint density at radius 1 is 0.577 bits per heavy atom. The maximum Gasteiger partial charge on any atom is 0.313 e. The van der Waals surface area contributed by atoms with Gasteiger partial charge in [0.2, 0.25) is 0 Å². The number of carbonyl (C=O) groups excluding carboxylic acids is 5. The Balaban J connectivity index is 0.657. The molecule has 19 heteroatoms. The van der Waals surface area contributed by atoms with Crippen molar-refractivity contribution in [2.45, 2.75) is 290 Å². The molecule has 4 aromatic heterocycles. The Labute approximate surface area is 657 Å². The number of Topliss-reactive ketones (excluding diaryl/α,β-unsaturated/α-hetero) is 2. The minimum absolute atomic E-state index is 0.00435. The average molecular weight is 1520 g/mol. The number of nitriles is 1. The van der Waals surface area contributed by atoms with Crippen LogP contribution in [-0.4, -0.2) is 88.4 Å². The number of ether oxygens (including phenoxy) is 3. The van der Waals surface area contributed by atoms with Gasteiger partial charge in [-0.3, -0.25) is 42.9 Å². The number of carboxylic acids is 1. The molecule has 8 fully saturated rings. The molecule has 0 saturated heterocycles. The molecule has 8 saturated carbocycles. The number of carboxylic acid groups (broad SMARTS) is 1. The standard InChI is InChI=1S/C92H125N7O12/c1-52(2)71-60(101)43-91(75-54(5)77(105)98(96(75)21)67-27-23-56(47-93)48-94-67)41-39-85(15)58(73(71)91)25-26-64-84(14)34-32-65(81(9,10)62(84)30-35-87(64,85)17)111-70(104)46-83(13,79(107)108)51-109-57-24-28-68(95-49-57)99-78(106)55(6)76(97(99)22)92-42-40-86(16)59(74(92)72(53(3)4)61(102)44-92)29-37-90(20)88(18)36-33-66(110-69(103)45-80(7,8)50-100)82(11,12)63(88)31-38-89(86,90)19/h23-24,27-28,48-50,52-53,58-59,62-66H,25-26,29-46,51H2,1-22H3,(H,107,108)/t58?,59?,62?,63?,64?,65?,66?,83?,84?,85-,86-,87?,88?,89?,90-,91?,92?/m1/s1. The molecular formula is C92H125N7O12. The van der Waals surface area contributed by atoms with E-state index in [1.54, 1.807) is 47.5 Å². The normalized spacial score (nSPS) is 36.5. The van der Waals surface area contributed by atoms with E-state index < -0.39 is 51.5 Å². The lowest BCUT2D eigenvalue weighted by atomic mass is 9.28. The van der Waals surface area contributed by atoms with Crippen molar-refractivity contribution < 1.29 is 48.1 Å². The molecule has 1 N–H and O–H groups in total. The number of nitrogens with zero attached hydrogens (tertiary/aromatic N) is 7. The number of hydrogen-bond acceptors (Lipinski definition) is 14. The minimum atomic E-state index is -1.68. The van der Waals surface area contributed by atoms with Crippen LogP contribution in [-0.2, 0) is 63.2 Å². The van der Waals surface area contributed by atoms with Crippen LogP contribution in [0.15, 0.2) is 68.5 Å². The molecule has 0 amide bonds. The van der Waals surface area contributed by atoms with Crippen molar-refractivity contribution in [2.24, 2.45) is 115 Å². The van der Waals surface area contributed by atoms with Gasteiger partial charge in [-0.15, -0.1) is 0 Å². The van der Waals surface area contributed by atoms with Gasteiger partial charge in [-0.25, -0.2) is 9.97 Å². The van der Waals surface area contributed by atoms with Crippen molar-refractivity contribution in [1.82, 2.24) is 28.7 Å². The van der Waals surface area contributed by atoms with Crippen molar-refractivity contribution in [3.05, 3.63) is 108 Å². The van der Waals surface area contributed by atoms with E-state index >= 15 is 9.59 Å². The molecule has 17 atom stereocenters. The number of allylic oxidation sites excluding steroid dienone is 4. The van der Waals surface area contributed by atoms with E-state index in [1.165, 1.54) is 30.5 Å². The van der Waals surface area contributed by atoms with Gasteiger partial charge in [0.25, 0.3) is 11.1 Å². The lowest BCUT2D eigenvalue weighted by molar-refractivity contribution is -0.276. The van der Waals surface area contributed by atoms with Crippen LogP contribution in [0.4, 0.5) is 0 Å². The fraction of sp³-hybridized carbons (Fsp3) is 0.707. The maximum absolute atomic E-state index is 15.0. The monoisotopic (exact) mass is 1520 g/mol. The molecular weight excluding hydrogens is 1400 g/mol. The van der Waals surface area contributed by atoms with Crippen LogP contribution in [0.2, 0.25) is 0 Å². The number of aldehydes is 1. The summed E-state index contributed by atoms with van der Waals surface area (Å²) in [6.45, 7) is 43.8. The molecule has 0 radical (unpaired) electrons. The summed E-state index contributed by atoms with van der Waals surface area (Å²) in [5, 5.41) is 20.5. The molecule has 0 spiro atoms. The second-order valence-corrected chi connectivity index (χ2v) is 41.5. The van der Waals surface area contributed by atoms with Crippen LogP contribution < -0.4 is 15.9 Å². The third-order valence-corrected chi connectivity index (χ3v) is 34.7. The Kier molecular flexibility index (Phi) is 19.0. The molecule has 600 valence electrons. The number of aromatic nitrogens is 6. The Morgan fingerprint density at radius 2 is 1.05 bits per heavy atom. The molecule has 4 aromatic rings. The van der Waals surface area contributed by atoms with Crippen LogP contribution in [0.25, 0.3) is 11.6 Å². The predicted octanol–water partition coefficient (Wildman–Crippen LogP) is 16.8. The van der Waals surface area contributed by atoms with Crippen LogP contribution in [0.5, 0.6) is 5.75 Å². The highest BCUT2D eigenvalue weighted by atomic mass is 16.6. The molecule has 14 rings (SSSR count). The van der Waals surface area contributed by atoms with E-state index in [4.69, 9.17) is 19.2 Å². The number of fused-ring (bicyclic) bond motifs is 14. The molecule has 111 heavy (non-hydrogen) atoms. The first-order chi connectivity index (χ1) is 51.7. The molecule has 0 bridgehead atoms. The third kappa shape index (κ3) is 11.0. The molecule has 10 aliphatic rings. The van der Waals surface area contributed by atoms with E-state index in [-0.39, 0.29) is 132 Å². The zero-order valence-corrected chi connectivity index (χ0v) is 70.7. The largest absolute Gasteiger partial charge is 0.491 e. The van der Waals surface area contributed by atoms with Crippen molar-refractivity contribution >= 4 is 35.8 Å². The van der Waals surface area contributed by atoms with E-state index in [1.807, 2.05) is 37.3 Å². The molecule has 14 unspecified atom stereocenters. The molecule has 4 heterocycles. The number of pyridine rings is 2. The topological polar surface area (TPSA) is 254 Å². The maximum atomic E-state index is 15.0. The number of hydrogen-bond donors (Lipinski definition) is 1. The van der Waals surface area contributed by atoms with Crippen LogP contribution >= 0.6 is 0 Å². The number of carbonyl (C=O) groups is 6. The number of aliphatic carboxylic acids is 1. The molecule has 19 nitrogen and oxygen atoms in total. The van der Waals surface area contributed by atoms with Gasteiger partial charge in [-0.05, 0) is 249 Å². The van der Waals surface area contributed by atoms with Gasteiger partial charge in [0.1, 0.15) is 42.3 Å². The van der Waals surface area contributed by atoms with Gasteiger partial charge in [0, 0.05) is 71.3 Å².